The van der Waals surface area contributed by atoms with E-state index in [0.717, 1.165) is 37.3 Å². The second-order valence-corrected chi connectivity index (χ2v) is 6.14. The van der Waals surface area contributed by atoms with Gasteiger partial charge in [-0.2, -0.15) is 0 Å². The molecule has 0 spiro atoms. The number of para-hydroxylation sites is 2. The predicted molar refractivity (Wildman–Crippen MR) is 88.3 cm³/mol. The lowest BCUT2D eigenvalue weighted by Gasteiger charge is -2.31. The van der Waals surface area contributed by atoms with Crippen LogP contribution in [0, 0.1) is 0 Å². The van der Waals surface area contributed by atoms with Crippen LogP contribution in [0.5, 0.6) is 0 Å². The second kappa shape index (κ2) is 7.01. The summed E-state index contributed by atoms with van der Waals surface area (Å²) in [5.41, 5.74) is 1.98. The number of nitrogens with zero attached hydrogens (tertiary/aromatic N) is 2. The van der Waals surface area contributed by atoms with E-state index < -0.39 is 0 Å². The number of rotatable bonds is 5. The van der Waals surface area contributed by atoms with Gasteiger partial charge in [0.05, 0.1) is 18.0 Å². The first kappa shape index (κ1) is 15.2. The van der Waals surface area contributed by atoms with Gasteiger partial charge in [-0.1, -0.05) is 12.1 Å². The van der Waals surface area contributed by atoms with Gasteiger partial charge in [0.25, 0.3) is 0 Å². The van der Waals surface area contributed by atoms with E-state index in [4.69, 9.17) is 5.11 Å². The highest BCUT2D eigenvalue weighted by Crippen LogP contribution is 2.30. The fourth-order valence-electron chi connectivity index (χ4n) is 3.12. The Hall–Kier alpha value is -1.75. The highest BCUT2D eigenvalue weighted by Gasteiger charge is 2.32. The lowest BCUT2D eigenvalue weighted by Crippen LogP contribution is -2.39. The summed E-state index contributed by atoms with van der Waals surface area (Å²) < 4.78 is 0. The molecule has 1 heterocycles. The molecule has 120 valence electrons. The number of amides is 2. The van der Waals surface area contributed by atoms with Crippen molar-refractivity contribution in [1.82, 2.24) is 4.90 Å². The van der Waals surface area contributed by atoms with E-state index >= 15 is 0 Å². The van der Waals surface area contributed by atoms with Crippen molar-refractivity contribution in [3.8, 4) is 0 Å². The Labute approximate surface area is 131 Å². The van der Waals surface area contributed by atoms with Crippen molar-refractivity contribution >= 4 is 17.4 Å². The number of carbonyl (C=O) groups excluding carboxylic acids is 1. The van der Waals surface area contributed by atoms with Gasteiger partial charge in [-0.05, 0) is 44.2 Å². The lowest BCUT2D eigenvalue weighted by atomic mass is 10.1. The van der Waals surface area contributed by atoms with E-state index in [-0.39, 0.29) is 12.6 Å². The van der Waals surface area contributed by atoms with Crippen LogP contribution in [0.2, 0.25) is 0 Å². The number of hydrogen-bond acceptors (Lipinski definition) is 3. The predicted octanol–water partition coefficient (Wildman–Crippen LogP) is 2.67. The third kappa shape index (κ3) is 3.53. The van der Waals surface area contributed by atoms with Crippen molar-refractivity contribution in [3.63, 3.8) is 0 Å². The smallest absolute Gasteiger partial charge is 0.322 e. The first-order chi connectivity index (χ1) is 10.8. The van der Waals surface area contributed by atoms with Crippen molar-refractivity contribution in [2.75, 3.05) is 36.5 Å². The van der Waals surface area contributed by atoms with Gasteiger partial charge in [0, 0.05) is 25.7 Å². The molecule has 1 saturated heterocycles. The average molecular weight is 303 g/mol. The number of carbonyl (C=O) groups is 1. The maximum absolute atomic E-state index is 12.5. The molecular formula is C17H25N3O2. The van der Waals surface area contributed by atoms with E-state index in [0.29, 0.717) is 12.6 Å². The number of aliphatic hydroxyl groups excluding tert-OH is 1. The molecular weight excluding hydrogens is 278 g/mol. The molecule has 2 aliphatic rings. The normalized spacial score (nSPS) is 18.1. The third-order valence-electron chi connectivity index (χ3n) is 4.43. The van der Waals surface area contributed by atoms with Crippen molar-refractivity contribution in [2.45, 2.75) is 38.1 Å². The van der Waals surface area contributed by atoms with Crippen LogP contribution in [0.25, 0.3) is 0 Å². The highest BCUT2D eigenvalue weighted by atomic mass is 16.3. The molecule has 3 rings (SSSR count). The molecule has 1 aromatic rings. The monoisotopic (exact) mass is 303 g/mol. The van der Waals surface area contributed by atoms with Crippen LogP contribution in [0.15, 0.2) is 24.3 Å². The summed E-state index contributed by atoms with van der Waals surface area (Å²) in [5, 5.41) is 12.2. The number of nitrogens with one attached hydrogen (secondary N) is 1. The minimum atomic E-state index is -0.0963. The Kier molecular flexibility index (Phi) is 4.83. The zero-order chi connectivity index (χ0) is 15.4. The summed E-state index contributed by atoms with van der Waals surface area (Å²) in [4.78, 5) is 16.6. The molecule has 22 heavy (non-hydrogen) atoms. The zero-order valence-electron chi connectivity index (χ0n) is 13.0. The molecule has 0 atom stereocenters. The lowest BCUT2D eigenvalue weighted by molar-refractivity contribution is 0.185. The van der Waals surface area contributed by atoms with Crippen LogP contribution in [0.1, 0.15) is 32.1 Å². The quantitative estimate of drug-likeness (QED) is 0.879. The molecule has 1 aliphatic heterocycles. The molecule has 1 aromatic carbocycles. The largest absolute Gasteiger partial charge is 0.395 e. The molecule has 2 fully saturated rings. The van der Waals surface area contributed by atoms with Crippen LogP contribution in [-0.4, -0.2) is 48.3 Å². The maximum atomic E-state index is 12.5. The summed E-state index contributed by atoms with van der Waals surface area (Å²) in [7, 11) is 0. The fraction of sp³-hybridized carbons (Fsp3) is 0.588. The van der Waals surface area contributed by atoms with Crippen LogP contribution in [0.4, 0.5) is 16.2 Å². The molecule has 0 bridgehead atoms. The van der Waals surface area contributed by atoms with Crippen LogP contribution in [-0.2, 0) is 0 Å². The highest BCUT2D eigenvalue weighted by molar-refractivity contribution is 5.93. The number of anilines is 2. The van der Waals surface area contributed by atoms with Gasteiger partial charge in [0.15, 0.2) is 0 Å². The van der Waals surface area contributed by atoms with E-state index in [1.807, 2.05) is 18.2 Å². The minimum absolute atomic E-state index is 0.0116. The molecule has 0 unspecified atom stereocenters. The number of hydrogen-bond donors (Lipinski definition) is 2. The second-order valence-electron chi connectivity index (χ2n) is 6.14. The maximum Gasteiger partial charge on any atom is 0.322 e. The number of benzene rings is 1. The summed E-state index contributed by atoms with van der Waals surface area (Å²) in [6.45, 7) is 2.52. The average Bonchev–Trinajstić information content (AvgIpc) is 3.38. The van der Waals surface area contributed by atoms with E-state index in [9.17, 15) is 4.79 Å². The van der Waals surface area contributed by atoms with E-state index in [1.54, 1.807) is 4.90 Å². The first-order valence-corrected chi connectivity index (χ1v) is 8.32. The molecule has 5 heteroatoms. The Bertz CT molecular complexity index is 510. The molecule has 0 aromatic heterocycles. The molecule has 0 radical (unpaired) electrons. The standard InChI is InChI=1S/C17H25N3O2/c21-13-12-20(14-8-9-14)17(22)18-15-6-2-3-7-16(15)19-10-4-1-5-11-19/h2-3,6-7,14,21H,1,4-5,8-13H2,(H,18,22). The van der Waals surface area contributed by atoms with E-state index in [1.165, 1.54) is 19.3 Å². The molecule has 1 saturated carbocycles. The van der Waals surface area contributed by atoms with Gasteiger partial charge >= 0.3 is 6.03 Å². The number of urea groups is 1. The van der Waals surface area contributed by atoms with Crippen LogP contribution >= 0.6 is 0 Å². The van der Waals surface area contributed by atoms with Gasteiger partial charge in [0.1, 0.15) is 0 Å². The summed E-state index contributed by atoms with van der Waals surface area (Å²) in [6, 6.07) is 8.22. The fourth-order valence-corrected chi connectivity index (χ4v) is 3.12. The van der Waals surface area contributed by atoms with Crippen molar-refractivity contribution in [3.05, 3.63) is 24.3 Å². The van der Waals surface area contributed by atoms with Gasteiger partial charge in [-0.15, -0.1) is 0 Å². The summed E-state index contributed by atoms with van der Waals surface area (Å²) in [5.74, 6) is 0. The Balaban J connectivity index is 1.72. The topological polar surface area (TPSA) is 55.8 Å². The molecule has 2 N–H and O–H groups in total. The van der Waals surface area contributed by atoms with Gasteiger partial charge < -0.3 is 20.2 Å². The number of piperidine rings is 1. The van der Waals surface area contributed by atoms with Crippen molar-refractivity contribution < 1.29 is 9.90 Å². The zero-order valence-corrected chi connectivity index (χ0v) is 13.0. The Morgan fingerprint density at radius 2 is 1.95 bits per heavy atom. The van der Waals surface area contributed by atoms with Crippen molar-refractivity contribution in [2.24, 2.45) is 0 Å². The van der Waals surface area contributed by atoms with Crippen LogP contribution < -0.4 is 10.2 Å². The van der Waals surface area contributed by atoms with E-state index in [2.05, 4.69) is 16.3 Å². The molecule has 1 aliphatic carbocycles. The minimum Gasteiger partial charge on any atom is -0.395 e. The first-order valence-electron chi connectivity index (χ1n) is 8.32. The molecule has 2 amide bonds. The Morgan fingerprint density at radius 1 is 1.23 bits per heavy atom. The van der Waals surface area contributed by atoms with Gasteiger partial charge in [0.2, 0.25) is 0 Å². The number of aliphatic hydroxyl groups is 1. The summed E-state index contributed by atoms with van der Waals surface area (Å²) in [6.07, 6.45) is 5.79. The summed E-state index contributed by atoms with van der Waals surface area (Å²) >= 11 is 0. The Morgan fingerprint density at radius 3 is 2.64 bits per heavy atom. The van der Waals surface area contributed by atoms with Crippen molar-refractivity contribution in [1.29, 1.82) is 0 Å². The van der Waals surface area contributed by atoms with Gasteiger partial charge in [-0.25, -0.2) is 4.79 Å². The third-order valence-corrected chi connectivity index (χ3v) is 4.43. The van der Waals surface area contributed by atoms with Gasteiger partial charge in [-0.3, -0.25) is 0 Å². The van der Waals surface area contributed by atoms with Crippen LogP contribution in [0.3, 0.4) is 0 Å². The SMILES string of the molecule is O=C(Nc1ccccc1N1CCCCC1)N(CCO)C1CC1. The molecule has 5 nitrogen and oxygen atoms in total.